The van der Waals surface area contributed by atoms with E-state index in [0.717, 1.165) is 24.2 Å². The Morgan fingerprint density at radius 2 is 1.90 bits per heavy atom. The molecule has 3 amide bonds. The Morgan fingerprint density at radius 1 is 1.03 bits per heavy atom. The maximum atomic E-state index is 13.2. The number of anilines is 2. The molecular weight excluding hydrogens is 378 g/mol. The first-order valence-corrected chi connectivity index (χ1v) is 10.1. The zero-order valence-corrected chi connectivity index (χ0v) is 17.2. The van der Waals surface area contributed by atoms with Gasteiger partial charge in [-0.15, -0.1) is 0 Å². The van der Waals surface area contributed by atoms with Gasteiger partial charge in [-0.1, -0.05) is 24.3 Å². The lowest BCUT2D eigenvalue weighted by Crippen LogP contribution is -2.49. The van der Waals surface area contributed by atoms with Crippen LogP contribution in [0.25, 0.3) is 0 Å². The first-order valence-electron chi connectivity index (χ1n) is 10.1. The fraction of sp³-hybridized carbons (Fsp3) is 0.250. The van der Waals surface area contributed by atoms with Crippen LogP contribution in [0.5, 0.6) is 0 Å². The maximum absolute atomic E-state index is 13.2. The van der Waals surface area contributed by atoms with Crippen molar-refractivity contribution < 1.29 is 14.0 Å². The quantitative estimate of drug-likeness (QED) is 0.653. The van der Waals surface area contributed by atoms with Crippen LogP contribution in [0.1, 0.15) is 33.7 Å². The Morgan fingerprint density at radius 3 is 2.67 bits per heavy atom. The molecule has 0 bridgehead atoms. The van der Waals surface area contributed by atoms with E-state index in [1.807, 2.05) is 23.1 Å². The number of carbonyl (C=O) groups excluding carboxylic acids is 2. The van der Waals surface area contributed by atoms with E-state index in [-0.39, 0.29) is 17.7 Å². The van der Waals surface area contributed by atoms with Gasteiger partial charge in [0.05, 0.1) is 6.26 Å². The Kier molecular flexibility index (Phi) is 5.57. The van der Waals surface area contributed by atoms with Gasteiger partial charge in [0, 0.05) is 31.0 Å². The number of nitrogens with zero attached hydrogens (tertiary/aromatic N) is 2. The van der Waals surface area contributed by atoms with Crippen molar-refractivity contribution in [2.24, 2.45) is 0 Å². The van der Waals surface area contributed by atoms with Gasteiger partial charge in [-0.2, -0.15) is 0 Å². The Balaban J connectivity index is 1.48. The smallest absolute Gasteiger partial charge is 0.324 e. The molecule has 1 N–H and O–H groups in total. The molecule has 1 fully saturated rings. The fourth-order valence-electron chi connectivity index (χ4n) is 3.64. The molecule has 0 atom stereocenters. The second-order valence-electron chi connectivity index (χ2n) is 7.61. The molecular formula is C24H25N3O3. The summed E-state index contributed by atoms with van der Waals surface area (Å²) in [6, 6.07) is 16.9. The third-order valence-electron chi connectivity index (χ3n) is 5.42. The molecule has 2 aromatic carbocycles. The molecule has 6 heteroatoms. The number of furan rings is 1. The number of aryl methyl sites for hydroxylation is 2. The molecule has 1 aliphatic rings. The highest BCUT2D eigenvalue weighted by Crippen LogP contribution is 2.25. The predicted octanol–water partition coefficient (Wildman–Crippen LogP) is 4.98. The third kappa shape index (κ3) is 4.22. The summed E-state index contributed by atoms with van der Waals surface area (Å²) in [5, 5.41) is 2.82. The number of urea groups is 1. The molecule has 0 unspecified atom stereocenters. The van der Waals surface area contributed by atoms with Crippen LogP contribution in [0.3, 0.4) is 0 Å². The summed E-state index contributed by atoms with van der Waals surface area (Å²) in [6.45, 7) is 6.15. The van der Waals surface area contributed by atoms with Crippen LogP contribution < -0.4 is 10.2 Å². The average Bonchev–Trinajstić information content (AvgIpc) is 3.28. The average molecular weight is 403 g/mol. The van der Waals surface area contributed by atoms with Crippen molar-refractivity contribution in [3.05, 3.63) is 83.3 Å². The topological polar surface area (TPSA) is 65.8 Å². The Hall–Kier alpha value is -3.54. The number of rotatable bonds is 5. The van der Waals surface area contributed by atoms with E-state index >= 15 is 0 Å². The normalized spacial score (nSPS) is 14.1. The van der Waals surface area contributed by atoms with Gasteiger partial charge in [0.2, 0.25) is 0 Å². The van der Waals surface area contributed by atoms with Gasteiger partial charge < -0.3 is 14.6 Å². The van der Waals surface area contributed by atoms with Crippen LogP contribution in [0.15, 0.2) is 65.3 Å². The van der Waals surface area contributed by atoms with Crippen molar-refractivity contribution in [1.29, 1.82) is 0 Å². The molecule has 1 aromatic heterocycles. The van der Waals surface area contributed by atoms with Crippen LogP contribution >= 0.6 is 0 Å². The molecule has 0 saturated carbocycles. The Bertz CT molecular complexity index is 1060. The monoisotopic (exact) mass is 403 g/mol. The van der Waals surface area contributed by atoms with Crippen LogP contribution in [0, 0.1) is 13.8 Å². The summed E-state index contributed by atoms with van der Waals surface area (Å²) in [7, 11) is 0. The SMILES string of the molecule is Cc1ccc(CN2CCCN(c3cccc(NC(=O)c4ccco4)c3)C2=O)cc1C. The number of hydrogen-bond donors (Lipinski definition) is 1. The zero-order valence-electron chi connectivity index (χ0n) is 17.2. The van der Waals surface area contributed by atoms with Crippen LogP contribution in [-0.2, 0) is 6.54 Å². The lowest BCUT2D eigenvalue weighted by molar-refractivity contribution is 0.0996. The molecule has 1 aliphatic heterocycles. The second-order valence-corrected chi connectivity index (χ2v) is 7.61. The molecule has 4 rings (SSSR count). The second kappa shape index (κ2) is 8.45. The van der Waals surface area contributed by atoms with E-state index in [2.05, 4.69) is 37.4 Å². The number of hydrogen-bond acceptors (Lipinski definition) is 3. The summed E-state index contributed by atoms with van der Waals surface area (Å²) in [5.41, 5.74) is 5.00. The lowest BCUT2D eigenvalue weighted by atomic mass is 10.1. The molecule has 30 heavy (non-hydrogen) atoms. The summed E-state index contributed by atoms with van der Waals surface area (Å²) >= 11 is 0. The molecule has 3 aromatic rings. The van der Waals surface area contributed by atoms with E-state index in [9.17, 15) is 9.59 Å². The summed E-state index contributed by atoms with van der Waals surface area (Å²) < 4.78 is 5.13. The van der Waals surface area contributed by atoms with Crippen molar-refractivity contribution in [3.8, 4) is 0 Å². The first kappa shape index (κ1) is 19.8. The van der Waals surface area contributed by atoms with Gasteiger partial charge >= 0.3 is 6.03 Å². The van der Waals surface area contributed by atoms with Gasteiger partial charge in [0.25, 0.3) is 5.91 Å². The van der Waals surface area contributed by atoms with Crippen LogP contribution in [0.4, 0.5) is 16.2 Å². The number of nitrogens with one attached hydrogen (secondary N) is 1. The fourth-order valence-corrected chi connectivity index (χ4v) is 3.64. The van der Waals surface area contributed by atoms with E-state index in [0.29, 0.717) is 18.8 Å². The third-order valence-corrected chi connectivity index (χ3v) is 5.42. The van der Waals surface area contributed by atoms with E-state index in [4.69, 9.17) is 4.42 Å². The van der Waals surface area contributed by atoms with Gasteiger partial charge in [0.1, 0.15) is 0 Å². The zero-order chi connectivity index (χ0) is 21.1. The molecule has 0 spiro atoms. The highest BCUT2D eigenvalue weighted by Gasteiger charge is 2.27. The number of carbonyl (C=O) groups is 2. The van der Waals surface area contributed by atoms with Gasteiger partial charge in [-0.3, -0.25) is 9.69 Å². The van der Waals surface area contributed by atoms with Crippen molar-refractivity contribution in [1.82, 2.24) is 4.90 Å². The van der Waals surface area contributed by atoms with E-state index in [1.165, 1.54) is 17.4 Å². The molecule has 6 nitrogen and oxygen atoms in total. The van der Waals surface area contributed by atoms with Gasteiger partial charge in [-0.25, -0.2) is 4.79 Å². The van der Waals surface area contributed by atoms with Crippen LogP contribution in [-0.4, -0.2) is 29.9 Å². The summed E-state index contributed by atoms with van der Waals surface area (Å²) in [6.07, 6.45) is 2.35. The highest BCUT2D eigenvalue weighted by molar-refractivity contribution is 6.02. The number of amides is 3. The van der Waals surface area contributed by atoms with E-state index in [1.54, 1.807) is 23.1 Å². The van der Waals surface area contributed by atoms with Gasteiger partial charge in [0.15, 0.2) is 5.76 Å². The van der Waals surface area contributed by atoms with Crippen molar-refractivity contribution in [3.63, 3.8) is 0 Å². The minimum absolute atomic E-state index is 0.0195. The molecule has 2 heterocycles. The van der Waals surface area contributed by atoms with E-state index < -0.39 is 0 Å². The van der Waals surface area contributed by atoms with Crippen molar-refractivity contribution in [2.75, 3.05) is 23.3 Å². The highest BCUT2D eigenvalue weighted by atomic mass is 16.3. The summed E-state index contributed by atoms with van der Waals surface area (Å²) in [4.78, 5) is 29.0. The summed E-state index contributed by atoms with van der Waals surface area (Å²) in [5.74, 6) is -0.0764. The minimum Gasteiger partial charge on any atom is -0.459 e. The first-order chi connectivity index (χ1) is 14.5. The molecule has 154 valence electrons. The maximum Gasteiger partial charge on any atom is 0.324 e. The molecule has 1 saturated heterocycles. The van der Waals surface area contributed by atoms with Crippen molar-refractivity contribution in [2.45, 2.75) is 26.8 Å². The Labute approximate surface area is 176 Å². The largest absolute Gasteiger partial charge is 0.459 e. The van der Waals surface area contributed by atoms with Gasteiger partial charge in [-0.05, 0) is 67.3 Å². The molecule has 0 radical (unpaired) electrons. The lowest BCUT2D eigenvalue weighted by Gasteiger charge is -2.36. The van der Waals surface area contributed by atoms with Crippen molar-refractivity contribution >= 4 is 23.3 Å². The standard InChI is InChI=1S/C24H25N3O3/c1-17-9-10-19(14-18(17)2)16-26-11-5-12-27(24(26)29)21-7-3-6-20(15-21)25-23(28)22-8-4-13-30-22/h3-4,6-10,13-15H,5,11-12,16H2,1-2H3,(H,25,28). The number of benzene rings is 2. The van der Waals surface area contributed by atoms with Crippen LogP contribution in [0.2, 0.25) is 0 Å². The minimum atomic E-state index is -0.321. The predicted molar refractivity (Wildman–Crippen MR) is 117 cm³/mol. The molecule has 0 aliphatic carbocycles.